The van der Waals surface area contributed by atoms with Gasteiger partial charge in [-0.15, -0.1) is 0 Å². The number of likely N-dealkylation sites (N-methyl/N-ethyl adjacent to an activating group) is 1. The number of rotatable bonds is 6. The SMILES string of the molecule is COc1cccc(CN(C)CC(=O)N2c3ccccc3NC(=O)C[C@@H]2C(F)(F)F)c1OC. The van der Waals surface area contributed by atoms with E-state index in [0.717, 1.165) is 0 Å². The molecule has 2 amide bonds. The Morgan fingerprint density at radius 2 is 1.88 bits per heavy atom. The highest BCUT2D eigenvalue weighted by molar-refractivity contribution is 6.05. The van der Waals surface area contributed by atoms with Crippen molar-refractivity contribution in [2.45, 2.75) is 25.2 Å². The monoisotopic (exact) mass is 451 g/mol. The Kier molecular flexibility index (Phi) is 6.93. The maximum atomic E-state index is 13.8. The van der Waals surface area contributed by atoms with Crippen LogP contribution in [-0.2, 0) is 16.1 Å². The molecule has 172 valence electrons. The molecule has 0 radical (unpaired) electrons. The van der Waals surface area contributed by atoms with Crippen molar-refractivity contribution in [3.8, 4) is 11.5 Å². The van der Waals surface area contributed by atoms with Crippen LogP contribution in [0.4, 0.5) is 24.5 Å². The molecule has 32 heavy (non-hydrogen) atoms. The zero-order valence-corrected chi connectivity index (χ0v) is 17.9. The molecule has 2 aromatic rings. The number of carbonyl (C=O) groups excluding carboxylic acids is 2. The first-order valence-corrected chi connectivity index (χ1v) is 9.81. The molecular weight excluding hydrogens is 427 g/mol. The van der Waals surface area contributed by atoms with Gasteiger partial charge < -0.3 is 14.8 Å². The predicted molar refractivity (Wildman–Crippen MR) is 113 cm³/mol. The van der Waals surface area contributed by atoms with E-state index in [1.54, 1.807) is 36.2 Å². The van der Waals surface area contributed by atoms with Crippen molar-refractivity contribution in [2.75, 3.05) is 38.0 Å². The first-order valence-electron chi connectivity index (χ1n) is 9.81. The number of fused-ring (bicyclic) bond motifs is 1. The van der Waals surface area contributed by atoms with E-state index in [0.29, 0.717) is 22.0 Å². The summed E-state index contributed by atoms with van der Waals surface area (Å²) in [4.78, 5) is 27.5. The van der Waals surface area contributed by atoms with Crippen molar-refractivity contribution < 1.29 is 32.2 Å². The fourth-order valence-electron chi connectivity index (χ4n) is 3.73. The number of nitrogens with zero attached hydrogens (tertiary/aromatic N) is 2. The molecule has 0 bridgehead atoms. The Hall–Kier alpha value is -3.27. The number of halogens is 3. The van der Waals surface area contributed by atoms with Crippen molar-refractivity contribution >= 4 is 23.2 Å². The lowest BCUT2D eigenvalue weighted by Gasteiger charge is -2.33. The van der Waals surface area contributed by atoms with Crippen molar-refractivity contribution in [1.82, 2.24) is 4.90 Å². The molecule has 0 aliphatic carbocycles. The zero-order chi connectivity index (χ0) is 23.5. The third-order valence-corrected chi connectivity index (χ3v) is 5.10. The lowest BCUT2D eigenvalue weighted by molar-refractivity contribution is -0.158. The number of nitrogens with one attached hydrogen (secondary N) is 1. The average Bonchev–Trinajstić information content (AvgIpc) is 2.88. The van der Waals surface area contributed by atoms with Gasteiger partial charge in [-0.3, -0.25) is 19.4 Å². The predicted octanol–water partition coefficient (Wildman–Crippen LogP) is 3.44. The van der Waals surface area contributed by atoms with Crippen molar-refractivity contribution in [1.29, 1.82) is 0 Å². The summed E-state index contributed by atoms with van der Waals surface area (Å²) in [5.41, 5.74) is 0.885. The van der Waals surface area contributed by atoms with Crippen LogP contribution < -0.4 is 19.7 Å². The van der Waals surface area contributed by atoms with E-state index in [1.807, 2.05) is 0 Å². The van der Waals surface area contributed by atoms with Crippen LogP contribution in [0.1, 0.15) is 12.0 Å². The summed E-state index contributed by atoms with van der Waals surface area (Å²) in [6, 6.07) is 8.96. The van der Waals surface area contributed by atoms with Crippen molar-refractivity contribution in [3.63, 3.8) is 0 Å². The largest absolute Gasteiger partial charge is 0.493 e. The quantitative estimate of drug-likeness (QED) is 0.729. The normalized spacial score (nSPS) is 16.3. The Labute approximate surface area is 183 Å². The van der Waals surface area contributed by atoms with Gasteiger partial charge >= 0.3 is 6.18 Å². The third kappa shape index (κ3) is 4.96. The first-order chi connectivity index (χ1) is 15.2. The smallest absolute Gasteiger partial charge is 0.409 e. The van der Waals surface area contributed by atoms with Gasteiger partial charge in [0, 0.05) is 12.1 Å². The van der Waals surface area contributed by atoms with Crippen LogP contribution in [0.5, 0.6) is 11.5 Å². The number of para-hydroxylation sites is 3. The molecule has 1 heterocycles. The molecule has 0 saturated heterocycles. The summed E-state index contributed by atoms with van der Waals surface area (Å²) < 4.78 is 52.2. The van der Waals surface area contributed by atoms with Gasteiger partial charge in [0.15, 0.2) is 11.5 Å². The van der Waals surface area contributed by atoms with Crippen molar-refractivity contribution in [3.05, 3.63) is 48.0 Å². The van der Waals surface area contributed by atoms with E-state index in [9.17, 15) is 22.8 Å². The lowest BCUT2D eigenvalue weighted by atomic mass is 10.1. The number of hydrogen-bond donors (Lipinski definition) is 1. The summed E-state index contributed by atoms with van der Waals surface area (Å²) in [7, 11) is 4.60. The lowest BCUT2D eigenvalue weighted by Crippen LogP contribution is -2.52. The molecule has 7 nitrogen and oxygen atoms in total. The van der Waals surface area contributed by atoms with Crippen LogP contribution in [0.15, 0.2) is 42.5 Å². The Morgan fingerprint density at radius 1 is 1.16 bits per heavy atom. The standard InChI is InChI=1S/C22H24F3N3O4/c1-27(12-14-7-6-10-17(31-2)21(14)32-3)13-20(30)28-16-9-5-4-8-15(16)26-19(29)11-18(28)22(23,24)25/h4-10,18H,11-13H2,1-3H3,(H,26,29)/t18-/m1/s1. The Morgan fingerprint density at radius 3 is 2.53 bits per heavy atom. The fraction of sp³-hybridized carbons (Fsp3) is 0.364. The minimum Gasteiger partial charge on any atom is -0.493 e. The molecule has 1 aliphatic rings. The molecular formula is C22H24F3N3O4. The topological polar surface area (TPSA) is 71.1 Å². The van der Waals surface area contributed by atoms with Crippen LogP contribution in [0.2, 0.25) is 0 Å². The first kappa shape index (κ1) is 23.4. The maximum Gasteiger partial charge on any atom is 0.409 e. The van der Waals surface area contributed by atoms with Gasteiger partial charge in [-0.1, -0.05) is 24.3 Å². The summed E-state index contributed by atoms with van der Waals surface area (Å²) in [5, 5.41) is 2.45. The number of anilines is 2. The van der Waals surface area contributed by atoms with Crippen LogP contribution in [0.25, 0.3) is 0 Å². The molecule has 10 heteroatoms. The van der Waals surface area contributed by atoms with Crippen molar-refractivity contribution in [2.24, 2.45) is 0 Å². The van der Waals surface area contributed by atoms with E-state index >= 15 is 0 Å². The van der Waals surface area contributed by atoms with E-state index in [-0.39, 0.29) is 24.5 Å². The average molecular weight is 451 g/mol. The molecule has 0 fully saturated rings. The molecule has 0 spiro atoms. The number of benzene rings is 2. The van der Waals surface area contributed by atoms with Gasteiger partial charge in [0.25, 0.3) is 0 Å². The molecule has 1 atom stereocenters. The molecule has 3 rings (SSSR count). The minimum atomic E-state index is -4.78. The second-order valence-electron chi connectivity index (χ2n) is 7.42. The number of carbonyl (C=O) groups is 2. The van der Waals surface area contributed by atoms with Gasteiger partial charge in [-0.05, 0) is 25.2 Å². The molecule has 1 aliphatic heterocycles. The highest BCUT2D eigenvalue weighted by Gasteiger charge is 2.49. The third-order valence-electron chi connectivity index (χ3n) is 5.10. The Bertz CT molecular complexity index is 997. The number of methoxy groups -OCH3 is 2. The van der Waals surface area contributed by atoms with Crippen LogP contribution in [0, 0.1) is 0 Å². The number of alkyl halides is 3. The molecule has 1 N–H and O–H groups in total. The number of ether oxygens (including phenoxy) is 2. The Balaban J connectivity index is 1.88. The number of hydrogen-bond acceptors (Lipinski definition) is 5. The minimum absolute atomic E-state index is 0.0121. The van der Waals surface area contributed by atoms with Gasteiger partial charge in [0.2, 0.25) is 11.8 Å². The van der Waals surface area contributed by atoms with E-state index in [2.05, 4.69) is 5.32 Å². The van der Waals surface area contributed by atoms with Gasteiger partial charge in [-0.2, -0.15) is 13.2 Å². The van der Waals surface area contributed by atoms with Crippen LogP contribution in [0.3, 0.4) is 0 Å². The zero-order valence-electron chi connectivity index (χ0n) is 17.9. The summed E-state index contributed by atoms with van der Waals surface area (Å²) >= 11 is 0. The summed E-state index contributed by atoms with van der Waals surface area (Å²) in [6.45, 7) is -0.0784. The second-order valence-corrected chi connectivity index (χ2v) is 7.42. The maximum absolute atomic E-state index is 13.8. The molecule has 0 aromatic heterocycles. The van der Waals surface area contributed by atoms with Crippen LogP contribution in [-0.4, -0.2) is 56.7 Å². The highest BCUT2D eigenvalue weighted by Crippen LogP contribution is 2.38. The number of amides is 2. The molecule has 0 unspecified atom stereocenters. The van der Waals surface area contributed by atoms with Gasteiger partial charge in [0.05, 0.1) is 38.6 Å². The summed E-state index contributed by atoms with van der Waals surface area (Å²) in [6.07, 6.45) is -5.66. The molecule has 2 aromatic carbocycles. The fourth-order valence-corrected chi connectivity index (χ4v) is 3.73. The van der Waals surface area contributed by atoms with E-state index in [1.165, 1.54) is 32.4 Å². The van der Waals surface area contributed by atoms with Gasteiger partial charge in [-0.25, -0.2) is 0 Å². The van der Waals surface area contributed by atoms with Crippen LogP contribution >= 0.6 is 0 Å². The summed E-state index contributed by atoms with van der Waals surface area (Å²) in [5.74, 6) is -0.588. The second kappa shape index (κ2) is 9.47. The highest BCUT2D eigenvalue weighted by atomic mass is 19.4. The van der Waals surface area contributed by atoms with Gasteiger partial charge in [0.1, 0.15) is 6.04 Å². The molecule has 0 saturated carbocycles. The van der Waals surface area contributed by atoms with E-state index in [4.69, 9.17) is 9.47 Å². The van der Waals surface area contributed by atoms with E-state index < -0.39 is 30.5 Å².